The molecule has 0 aliphatic heterocycles. The predicted octanol–water partition coefficient (Wildman–Crippen LogP) is 4.21. The zero-order valence-corrected chi connectivity index (χ0v) is 12.2. The third-order valence-electron chi connectivity index (χ3n) is 2.66. The molecule has 2 rings (SSSR count). The lowest BCUT2D eigenvalue weighted by atomic mass is 10.1. The van der Waals surface area contributed by atoms with Gasteiger partial charge in [0.1, 0.15) is 11.6 Å². The van der Waals surface area contributed by atoms with E-state index in [1.807, 2.05) is 12.3 Å². The molecule has 2 N–H and O–H groups in total. The van der Waals surface area contributed by atoms with Gasteiger partial charge in [-0.15, -0.1) is 11.3 Å². The van der Waals surface area contributed by atoms with Crippen LogP contribution in [-0.2, 0) is 6.54 Å². The molecular weight excluding hydrogens is 317 g/mol. The van der Waals surface area contributed by atoms with Gasteiger partial charge in [-0.05, 0) is 35.0 Å². The molecule has 0 bridgehead atoms. The number of benzene rings is 1. The van der Waals surface area contributed by atoms with Crippen LogP contribution in [0.25, 0.3) is 0 Å². The SMILES string of the molecule is CC(NCc1cc(Br)cs1)c1ccc(F)cc1O. The molecule has 5 heteroatoms. The van der Waals surface area contributed by atoms with Gasteiger partial charge in [-0.1, -0.05) is 6.07 Å². The van der Waals surface area contributed by atoms with E-state index in [-0.39, 0.29) is 11.8 Å². The van der Waals surface area contributed by atoms with Crippen molar-refractivity contribution < 1.29 is 9.50 Å². The molecule has 0 spiro atoms. The summed E-state index contributed by atoms with van der Waals surface area (Å²) < 4.78 is 14.0. The number of phenolic OH excluding ortho intramolecular Hbond substituents is 1. The summed E-state index contributed by atoms with van der Waals surface area (Å²) in [6, 6.07) is 6.11. The number of halogens is 2. The fourth-order valence-electron chi connectivity index (χ4n) is 1.69. The van der Waals surface area contributed by atoms with Crippen LogP contribution in [0.2, 0.25) is 0 Å². The third kappa shape index (κ3) is 3.31. The summed E-state index contributed by atoms with van der Waals surface area (Å²) in [5.74, 6) is -0.437. The van der Waals surface area contributed by atoms with Gasteiger partial charge in [0.15, 0.2) is 0 Å². The van der Waals surface area contributed by atoms with Crippen LogP contribution in [0.1, 0.15) is 23.4 Å². The molecule has 1 aromatic carbocycles. The second kappa shape index (κ2) is 5.82. The van der Waals surface area contributed by atoms with E-state index in [1.165, 1.54) is 10.9 Å². The highest BCUT2D eigenvalue weighted by atomic mass is 79.9. The first-order chi connectivity index (χ1) is 8.56. The minimum atomic E-state index is -0.425. The molecule has 96 valence electrons. The number of rotatable bonds is 4. The van der Waals surface area contributed by atoms with Gasteiger partial charge >= 0.3 is 0 Å². The summed E-state index contributed by atoms with van der Waals surface area (Å²) in [5, 5.41) is 15.0. The van der Waals surface area contributed by atoms with Crippen molar-refractivity contribution in [3.05, 3.63) is 50.4 Å². The summed E-state index contributed by atoms with van der Waals surface area (Å²) in [5.41, 5.74) is 0.701. The Kier molecular flexibility index (Phi) is 4.37. The Bertz CT molecular complexity index is 544. The van der Waals surface area contributed by atoms with Gasteiger partial charge in [0, 0.05) is 38.9 Å². The van der Waals surface area contributed by atoms with Crippen molar-refractivity contribution in [2.45, 2.75) is 19.5 Å². The molecule has 2 aromatic rings. The average molecular weight is 330 g/mol. The van der Waals surface area contributed by atoms with Gasteiger partial charge < -0.3 is 10.4 Å². The van der Waals surface area contributed by atoms with Crippen molar-refractivity contribution in [2.75, 3.05) is 0 Å². The molecule has 18 heavy (non-hydrogen) atoms. The summed E-state index contributed by atoms with van der Waals surface area (Å²) >= 11 is 5.07. The van der Waals surface area contributed by atoms with Crippen molar-refractivity contribution in [2.24, 2.45) is 0 Å². The van der Waals surface area contributed by atoms with Crippen molar-refractivity contribution >= 4 is 27.3 Å². The van der Waals surface area contributed by atoms with E-state index in [1.54, 1.807) is 17.4 Å². The van der Waals surface area contributed by atoms with Crippen LogP contribution >= 0.6 is 27.3 Å². The molecule has 0 saturated heterocycles. The molecule has 0 radical (unpaired) electrons. The molecule has 0 aliphatic rings. The lowest BCUT2D eigenvalue weighted by molar-refractivity contribution is 0.447. The summed E-state index contributed by atoms with van der Waals surface area (Å²) in [4.78, 5) is 1.20. The zero-order valence-electron chi connectivity index (χ0n) is 9.78. The maximum Gasteiger partial charge on any atom is 0.126 e. The number of nitrogens with one attached hydrogen (secondary N) is 1. The molecule has 2 nitrogen and oxygen atoms in total. The van der Waals surface area contributed by atoms with E-state index in [2.05, 4.69) is 27.3 Å². The Labute approximate surface area is 118 Å². The first-order valence-electron chi connectivity index (χ1n) is 5.51. The monoisotopic (exact) mass is 329 g/mol. The van der Waals surface area contributed by atoms with Crippen molar-refractivity contribution in [1.82, 2.24) is 5.32 Å². The highest BCUT2D eigenvalue weighted by molar-refractivity contribution is 9.10. The van der Waals surface area contributed by atoms with Crippen molar-refractivity contribution in [3.63, 3.8) is 0 Å². The van der Waals surface area contributed by atoms with E-state index in [0.29, 0.717) is 12.1 Å². The number of aromatic hydroxyl groups is 1. The molecule has 0 fully saturated rings. The van der Waals surface area contributed by atoms with E-state index in [4.69, 9.17) is 0 Å². The first-order valence-corrected chi connectivity index (χ1v) is 7.18. The summed E-state index contributed by atoms with van der Waals surface area (Å²) in [7, 11) is 0. The van der Waals surface area contributed by atoms with Gasteiger partial charge in [0.25, 0.3) is 0 Å². The quantitative estimate of drug-likeness (QED) is 0.880. The Morgan fingerprint density at radius 1 is 1.44 bits per heavy atom. The molecule has 1 heterocycles. The Morgan fingerprint density at radius 2 is 2.22 bits per heavy atom. The van der Waals surface area contributed by atoms with Crippen molar-refractivity contribution in [1.29, 1.82) is 0 Å². The fraction of sp³-hybridized carbons (Fsp3) is 0.231. The second-order valence-corrected chi connectivity index (χ2v) is 5.95. The minimum Gasteiger partial charge on any atom is -0.508 e. The van der Waals surface area contributed by atoms with Crippen LogP contribution in [0.15, 0.2) is 34.1 Å². The van der Waals surface area contributed by atoms with E-state index >= 15 is 0 Å². The van der Waals surface area contributed by atoms with E-state index < -0.39 is 5.82 Å². The number of hydrogen-bond donors (Lipinski definition) is 2. The smallest absolute Gasteiger partial charge is 0.126 e. The number of thiophene rings is 1. The maximum atomic E-state index is 12.9. The summed E-state index contributed by atoms with van der Waals surface area (Å²) in [6.07, 6.45) is 0. The van der Waals surface area contributed by atoms with E-state index in [0.717, 1.165) is 10.5 Å². The lowest BCUT2D eigenvalue weighted by Crippen LogP contribution is -2.17. The second-order valence-electron chi connectivity index (χ2n) is 4.04. The van der Waals surface area contributed by atoms with Crippen molar-refractivity contribution in [3.8, 4) is 5.75 Å². The van der Waals surface area contributed by atoms with E-state index in [9.17, 15) is 9.50 Å². The Hall–Kier alpha value is -0.910. The standard InChI is InChI=1S/C13H13BrFNOS/c1-8(12-3-2-10(15)5-13(12)17)16-6-11-4-9(14)7-18-11/h2-5,7-8,16-17H,6H2,1H3. The third-order valence-corrected chi connectivity index (χ3v) is 4.36. The Balaban J connectivity index is 2.01. The fourth-order valence-corrected chi connectivity index (χ4v) is 3.10. The van der Waals surface area contributed by atoms with Crippen LogP contribution in [-0.4, -0.2) is 5.11 Å². The molecule has 1 atom stereocenters. The van der Waals surface area contributed by atoms with Gasteiger partial charge in [-0.2, -0.15) is 0 Å². The van der Waals surface area contributed by atoms with Gasteiger partial charge in [0.2, 0.25) is 0 Å². The average Bonchev–Trinajstić information content (AvgIpc) is 2.72. The first kappa shape index (κ1) is 13.5. The highest BCUT2D eigenvalue weighted by Gasteiger charge is 2.11. The zero-order chi connectivity index (χ0) is 13.1. The molecule has 0 aliphatic carbocycles. The topological polar surface area (TPSA) is 32.3 Å². The Morgan fingerprint density at radius 3 is 2.83 bits per heavy atom. The van der Waals surface area contributed by atoms with Gasteiger partial charge in [-0.25, -0.2) is 4.39 Å². The number of hydrogen-bond acceptors (Lipinski definition) is 3. The van der Waals surface area contributed by atoms with Gasteiger partial charge in [0.05, 0.1) is 0 Å². The molecule has 0 amide bonds. The highest BCUT2D eigenvalue weighted by Crippen LogP contribution is 2.26. The van der Waals surface area contributed by atoms with Crippen LogP contribution < -0.4 is 5.32 Å². The number of phenols is 1. The minimum absolute atomic E-state index is 0.0117. The maximum absolute atomic E-state index is 12.9. The van der Waals surface area contributed by atoms with Gasteiger partial charge in [-0.3, -0.25) is 0 Å². The van der Waals surface area contributed by atoms with Crippen LogP contribution in [0.4, 0.5) is 4.39 Å². The molecular formula is C13H13BrFNOS. The molecule has 0 saturated carbocycles. The predicted molar refractivity (Wildman–Crippen MR) is 75.3 cm³/mol. The normalized spacial score (nSPS) is 12.6. The molecule has 1 unspecified atom stereocenters. The summed E-state index contributed by atoms with van der Waals surface area (Å²) in [6.45, 7) is 2.66. The van der Waals surface area contributed by atoms with Crippen LogP contribution in [0, 0.1) is 5.82 Å². The molecule has 1 aromatic heterocycles. The van der Waals surface area contributed by atoms with Crippen LogP contribution in [0.3, 0.4) is 0 Å². The lowest BCUT2D eigenvalue weighted by Gasteiger charge is -2.15. The largest absolute Gasteiger partial charge is 0.508 e. The van der Waals surface area contributed by atoms with Crippen LogP contribution in [0.5, 0.6) is 5.75 Å².